The zero-order chi connectivity index (χ0) is 13.1. The first kappa shape index (κ1) is 13.2. The predicted octanol–water partition coefficient (Wildman–Crippen LogP) is 3.79. The molecule has 0 aliphatic carbocycles. The lowest BCUT2D eigenvalue weighted by atomic mass is 10.3. The summed E-state index contributed by atoms with van der Waals surface area (Å²) >= 11 is 7.67. The van der Waals surface area contributed by atoms with Crippen LogP contribution in [0.1, 0.15) is 13.3 Å². The zero-order valence-corrected chi connectivity index (χ0v) is 12.1. The average molecular weight is 287 g/mol. The third-order valence-electron chi connectivity index (χ3n) is 2.49. The van der Waals surface area contributed by atoms with Gasteiger partial charge in [-0.3, -0.25) is 0 Å². The molecule has 98 valence electrons. The molecule has 2 rings (SSSR count). The molecular formula is C12H15ClN2O2S. The van der Waals surface area contributed by atoms with Gasteiger partial charge < -0.3 is 14.8 Å². The van der Waals surface area contributed by atoms with E-state index in [1.165, 1.54) is 11.3 Å². The number of rotatable bonds is 5. The van der Waals surface area contributed by atoms with Crippen molar-refractivity contribution in [3.8, 4) is 11.5 Å². The minimum Gasteiger partial charge on any atom is -0.494 e. The van der Waals surface area contributed by atoms with Crippen LogP contribution in [0, 0.1) is 0 Å². The van der Waals surface area contributed by atoms with Gasteiger partial charge in [0.05, 0.1) is 19.2 Å². The van der Waals surface area contributed by atoms with Crippen LogP contribution in [0.15, 0.2) is 6.07 Å². The largest absolute Gasteiger partial charge is 0.494 e. The quantitative estimate of drug-likeness (QED) is 0.908. The molecule has 0 atom stereocenters. The Balaban J connectivity index is 2.56. The van der Waals surface area contributed by atoms with Crippen LogP contribution in [0.2, 0.25) is 5.02 Å². The molecular weight excluding hydrogens is 272 g/mol. The number of aromatic nitrogens is 1. The smallest absolute Gasteiger partial charge is 0.184 e. The van der Waals surface area contributed by atoms with Gasteiger partial charge in [0.15, 0.2) is 10.9 Å². The van der Waals surface area contributed by atoms with Crippen LogP contribution in [0.4, 0.5) is 5.13 Å². The number of nitrogens with one attached hydrogen (secondary N) is 1. The SMILES string of the molecule is CCCNc1nc2c(OC)cc(Cl)c(OC)c2s1. The molecule has 4 nitrogen and oxygen atoms in total. The highest BCUT2D eigenvalue weighted by molar-refractivity contribution is 7.22. The average Bonchev–Trinajstić information content (AvgIpc) is 2.79. The Hall–Kier alpha value is -1.20. The molecule has 18 heavy (non-hydrogen) atoms. The maximum atomic E-state index is 6.15. The van der Waals surface area contributed by atoms with E-state index in [1.54, 1.807) is 20.3 Å². The molecule has 0 radical (unpaired) electrons. The van der Waals surface area contributed by atoms with Crippen molar-refractivity contribution >= 4 is 38.3 Å². The monoisotopic (exact) mass is 286 g/mol. The van der Waals surface area contributed by atoms with Crippen LogP contribution in [0.5, 0.6) is 11.5 Å². The van der Waals surface area contributed by atoms with E-state index in [0.717, 1.165) is 28.3 Å². The summed E-state index contributed by atoms with van der Waals surface area (Å²) in [6.07, 6.45) is 1.05. The number of anilines is 1. The second kappa shape index (κ2) is 5.63. The highest BCUT2D eigenvalue weighted by Gasteiger charge is 2.17. The van der Waals surface area contributed by atoms with Gasteiger partial charge >= 0.3 is 0 Å². The minimum atomic E-state index is 0.535. The number of fused-ring (bicyclic) bond motifs is 1. The second-order valence-corrected chi connectivity index (χ2v) is 5.12. The van der Waals surface area contributed by atoms with Crippen LogP contribution in [0.25, 0.3) is 10.2 Å². The van der Waals surface area contributed by atoms with Gasteiger partial charge in [-0.1, -0.05) is 29.9 Å². The fourth-order valence-corrected chi connectivity index (χ4v) is 3.01. The standard InChI is InChI=1S/C12H15ClN2O2S/c1-4-5-14-12-15-9-8(16-2)6-7(13)10(17-3)11(9)18-12/h6H,4-5H2,1-3H3,(H,14,15). The van der Waals surface area contributed by atoms with Gasteiger partial charge in [0.25, 0.3) is 0 Å². The Kier molecular flexibility index (Phi) is 4.14. The molecule has 0 spiro atoms. The number of benzene rings is 1. The molecule has 0 amide bonds. The molecule has 6 heteroatoms. The predicted molar refractivity (Wildman–Crippen MR) is 76.5 cm³/mol. The molecule has 0 fully saturated rings. The van der Waals surface area contributed by atoms with Crippen molar-refractivity contribution in [3.05, 3.63) is 11.1 Å². The number of ether oxygens (including phenoxy) is 2. The van der Waals surface area contributed by atoms with Crippen LogP contribution >= 0.6 is 22.9 Å². The van der Waals surface area contributed by atoms with E-state index in [9.17, 15) is 0 Å². The Labute approximate surface area is 115 Å². The van der Waals surface area contributed by atoms with E-state index < -0.39 is 0 Å². The van der Waals surface area contributed by atoms with Gasteiger partial charge in [-0.15, -0.1) is 0 Å². The summed E-state index contributed by atoms with van der Waals surface area (Å²) in [6.45, 7) is 3.00. The zero-order valence-electron chi connectivity index (χ0n) is 10.5. The molecule has 0 saturated heterocycles. The van der Waals surface area contributed by atoms with Crippen molar-refractivity contribution in [1.82, 2.24) is 4.98 Å². The van der Waals surface area contributed by atoms with Crippen LogP contribution < -0.4 is 14.8 Å². The topological polar surface area (TPSA) is 43.4 Å². The van der Waals surface area contributed by atoms with Crippen LogP contribution in [-0.2, 0) is 0 Å². The molecule has 0 bridgehead atoms. The van der Waals surface area contributed by atoms with E-state index in [2.05, 4.69) is 17.2 Å². The fraction of sp³-hybridized carbons (Fsp3) is 0.417. The molecule has 1 N–H and O–H groups in total. The fourth-order valence-electron chi connectivity index (χ4n) is 1.65. The summed E-state index contributed by atoms with van der Waals surface area (Å²) in [5.74, 6) is 1.31. The third kappa shape index (κ3) is 2.33. The first-order chi connectivity index (χ1) is 8.71. The molecule has 0 saturated carbocycles. The summed E-state index contributed by atoms with van der Waals surface area (Å²) in [6, 6.07) is 1.73. The Morgan fingerprint density at radius 3 is 2.78 bits per heavy atom. The van der Waals surface area contributed by atoms with E-state index >= 15 is 0 Å². The van der Waals surface area contributed by atoms with Gasteiger partial charge in [-0.05, 0) is 6.42 Å². The first-order valence-electron chi connectivity index (χ1n) is 5.66. The minimum absolute atomic E-state index is 0.535. The number of hydrogen-bond donors (Lipinski definition) is 1. The maximum Gasteiger partial charge on any atom is 0.184 e. The van der Waals surface area contributed by atoms with Crippen LogP contribution in [-0.4, -0.2) is 25.7 Å². The van der Waals surface area contributed by atoms with Crippen molar-refractivity contribution < 1.29 is 9.47 Å². The number of halogens is 1. The van der Waals surface area contributed by atoms with Gasteiger partial charge in [0.1, 0.15) is 16.0 Å². The summed E-state index contributed by atoms with van der Waals surface area (Å²) < 4.78 is 11.5. The highest BCUT2D eigenvalue weighted by atomic mass is 35.5. The van der Waals surface area contributed by atoms with E-state index in [-0.39, 0.29) is 0 Å². The lowest BCUT2D eigenvalue weighted by molar-refractivity contribution is 0.410. The summed E-state index contributed by atoms with van der Waals surface area (Å²) in [5.41, 5.74) is 0.780. The Morgan fingerprint density at radius 2 is 2.17 bits per heavy atom. The van der Waals surface area contributed by atoms with Crippen molar-refractivity contribution in [2.75, 3.05) is 26.1 Å². The lowest BCUT2D eigenvalue weighted by Crippen LogP contribution is -1.98. The first-order valence-corrected chi connectivity index (χ1v) is 6.85. The molecule has 1 aromatic heterocycles. The number of hydrogen-bond acceptors (Lipinski definition) is 5. The van der Waals surface area contributed by atoms with E-state index in [0.29, 0.717) is 16.5 Å². The molecule has 2 aromatic rings. The van der Waals surface area contributed by atoms with Gasteiger partial charge in [0, 0.05) is 12.6 Å². The molecule has 1 aromatic carbocycles. The number of thiazole rings is 1. The maximum absolute atomic E-state index is 6.15. The third-order valence-corrected chi connectivity index (χ3v) is 3.78. The van der Waals surface area contributed by atoms with Crippen molar-refractivity contribution in [1.29, 1.82) is 0 Å². The molecule has 0 aliphatic heterocycles. The normalized spacial score (nSPS) is 10.7. The second-order valence-electron chi connectivity index (χ2n) is 3.72. The van der Waals surface area contributed by atoms with Crippen molar-refractivity contribution in [2.45, 2.75) is 13.3 Å². The number of methoxy groups -OCH3 is 2. The summed E-state index contributed by atoms with van der Waals surface area (Å²) in [7, 11) is 3.21. The Morgan fingerprint density at radius 1 is 1.39 bits per heavy atom. The molecule has 1 heterocycles. The van der Waals surface area contributed by atoms with E-state index in [4.69, 9.17) is 21.1 Å². The van der Waals surface area contributed by atoms with Crippen molar-refractivity contribution in [2.24, 2.45) is 0 Å². The van der Waals surface area contributed by atoms with Crippen LogP contribution in [0.3, 0.4) is 0 Å². The Bertz CT molecular complexity index is 556. The van der Waals surface area contributed by atoms with Gasteiger partial charge in [-0.2, -0.15) is 0 Å². The lowest BCUT2D eigenvalue weighted by Gasteiger charge is -2.06. The van der Waals surface area contributed by atoms with Gasteiger partial charge in [-0.25, -0.2) is 4.98 Å². The highest BCUT2D eigenvalue weighted by Crippen LogP contribution is 2.43. The van der Waals surface area contributed by atoms with E-state index in [1.807, 2.05) is 0 Å². The summed E-state index contributed by atoms with van der Waals surface area (Å²) in [5, 5.41) is 4.65. The van der Waals surface area contributed by atoms with Gasteiger partial charge in [0.2, 0.25) is 0 Å². The van der Waals surface area contributed by atoms with Crippen molar-refractivity contribution in [3.63, 3.8) is 0 Å². The molecule has 0 aliphatic rings. The summed E-state index contributed by atoms with van der Waals surface area (Å²) in [4.78, 5) is 4.51. The molecule has 0 unspecified atom stereocenters. The number of nitrogens with zero attached hydrogens (tertiary/aromatic N) is 1.